The fourth-order valence-corrected chi connectivity index (χ4v) is 2.97. The molecule has 25 heavy (non-hydrogen) atoms. The second-order valence-electron chi connectivity index (χ2n) is 4.89. The molecule has 2 rings (SSSR count). The molecule has 0 saturated heterocycles. The second-order valence-corrected chi connectivity index (χ2v) is 6.98. The van der Waals surface area contributed by atoms with Gasteiger partial charge in [0.05, 0.1) is 0 Å². The maximum Gasteiger partial charge on any atom is 0.276 e. The van der Waals surface area contributed by atoms with Crippen LogP contribution >= 0.6 is 27.7 Å². The molecule has 0 radical (unpaired) electrons. The normalized spacial score (nSPS) is 10.2. The monoisotopic (exact) mass is 426 g/mol. The standard InChI is InChI=1S/C17H16BrFN2O3S/c18-12-2-1-3-14(10-12)24-11-17(23)21-20-16(22)8-9-25-15-6-4-13(19)5-7-15/h1-7,10H,8-9,11H2,(H,20,22)(H,21,23). The minimum Gasteiger partial charge on any atom is -0.484 e. The van der Waals surface area contributed by atoms with E-state index in [-0.39, 0.29) is 24.8 Å². The van der Waals surface area contributed by atoms with Crippen LogP contribution in [0.2, 0.25) is 0 Å². The van der Waals surface area contributed by atoms with Crippen molar-refractivity contribution in [1.82, 2.24) is 10.9 Å². The maximum atomic E-state index is 12.8. The van der Waals surface area contributed by atoms with E-state index in [4.69, 9.17) is 4.74 Å². The molecule has 0 atom stereocenters. The van der Waals surface area contributed by atoms with E-state index in [0.717, 1.165) is 9.37 Å². The number of rotatable bonds is 7. The van der Waals surface area contributed by atoms with Gasteiger partial charge in [-0.15, -0.1) is 11.8 Å². The highest BCUT2D eigenvalue weighted by atomic mass is 79.9. The van der Waals surface area contributed by atoms with Crippen LogP contribution in [0.1, 0.15) is 6.42 Å². The third-order valence-electron chi connectivity index (χ3n) is 2.92. The van der Waals surface area contributed by atoms with Gasteiger partial charge in [-0.3, -0.25) is 20.4 Å². The molecule has 0 fully saturated rings. The first-order valence-corrected chi connectivity index (χ1v) is 9.15. The fourth-order valence-electron chi connectivity index (χ4n) is 1.74. The summed E-state index contributed by atoms with van der Waals surface area (Å²) in [7, 11) is 0. The number of carbonyl (C=O) groups is 2. The van der Waals surface area contributed by atoms with Crippen molar-refractivity contribution in [3.05, 3.63) is 58.8 Å². The van der Waals surface area contributed by atoms with Gasteiger partial charge in [-0.05, 0) is 42.5 Å². The van der Waals surface area contributed by atoms with Crippen molar-refractivity contribution < 1.29 is 18.7 Å². The average molecular weight is 427 g/mol. The number of hydrogen-bond donors (Lipinski definition) is 2. The van der Waals surface area contributed by atoms with E-state index < -0.39 is 5.91 Å². The molecule has 2 N–H and O–H groups in total. The minimum atomic E-state index is -0.459. The highest BCUT2D eigenvalue weighted by molar-refractivity contribution is 9.10. The van der Waals surface area contributed by atoms with Crippen molar-refractivity contribution >= 4 is 39.5 Å². The van der Waals surface area contributed by atoms with Gasteiger partial charge < -0.3 is 4.74 Å². The summed E-state index contributed by atoms with van der Waals surface area (Å²) in [4.78, 5) is 24.2. The number of hydrogen-bond acceptors (Lipinski definition) is 4. The summed E-state index contributed by atoms with van der Waals surface area (Å²) >= 11 is 4.74. The quantitative estimate of drug-likeness (QED) is 0.526. The van der Waals surface area contributed by atoms with E-state index in [2.05, 4.69) is 26.8 Å². The molecule has 0 aliphatic heterocycles. The highest BCUT2D eigenvalue weighted by Gasteiger charge is 2.06. The van der Waals surface area contributed by atoms with Crippen molar-refractivity contribution in [3.8, 4) is 5.75 Å². The van der Waals surface area contributed by atoms with Gasteiger partial charge in [0.15, 0.2) is 6.61 Å². The lowest BCUT2D eigenvalue weighted by Crippen LogP contribution is -2.43. The molecule has 5 nitrogen and oxygen atoms in total. The summed E-state index contributed by atoms with van der Waals surface area (Å²) in [5.41, 5.74) is 4.61. The lowest BCUT2D eigenvalue weighted by Gasteiger charge is -2.09. The molecule has 0 aliphatic carbocycles. The van der Waals surface area contributed by atoms with E-state index in [0.29, 0.717) is 11.5 Å². The Balaban J connectivity index is 1.60. The van der Waals surface area contributed by atoms with Crippen LogP contribution in [0.25, 0.3) is 0 Å². The number of amides is 2. The lowest BCUT2D eigenvalue weighted by molar-refractivity contribution is -0.129. The van der Waals surface area contributed by atoms with Crippen LogP contribution in [0.4, 0.5) is 4.39 Å². The molecule has 2 aromatic carbocycles. The molecule has 8 heteroatoms. The van der Waals surface area contributed by atoms with Gasteiger partial charge in [0, 0.05) is 21.5 Å². The van der Waals surface area contributed by atoms with Gasteiger partial charge in [-0.1, -0.05) is 22.0 Å². The van der Waals surface area contributed by atoms with E-state index in [1.54, 1.807) is 30.3 Å². The molecule has 0 saturated carbocycles. The van der Waals surface area contributed by atoms with Crippen LogP contribution in [-0.2, 0) is 9.59 Å². The Labute approximate surface area is 157 Å². The van der Waals surface area contributed by atoms with Gasteiger partial charge in [0.2, 0.25) is 5.91 Å². The second kappa shape index (κ2) is 10.0. The number of halogens is 2. The summed E-state index contributed by atoms with van der Waals surface area (Å²) in [5.74, 6) is -0.00613. The van der Waals surface area contributed by atoms with Crippen molar-refractivity contribution in [2.75, 3.05) is 12.4 Å². The Kier molecular flexibility index (Phi) is 7.75. The first-order valence-electron chi connectivity index (χ1n) is 7.37. The number of thioether (sulfide) groups is 1. The first kappa shape index (κ1) is 19.3. The summed E-state index contributed by atoms with van der Waals surface area (Å²) in [6, 6.07) is 13.1. The zero-order valence-corrected chi connectivity index (χ0v) is 15.5. The molecule has 0 heterocycles. The third-order valence-corrected chi connectivity index (χ3v) is 4.43. The van der Waals surface area contributed by atoms with Crippen molar-refractivity contribution in [2.24, 2.45) is 0 Å². The van der Waals surface area contributed by atoms with Crippen LogP contribution in [0, 0.1) is 5.82 Å². The van der Waals surface area contributed by atoms with Crippen LogP contribution in [0.3, 0.4) is 0 Å². The van der Waals surface area contributed by atoms with E-state index in [1.165, 1.54) is 23.9 Å². The molecule has 132 valence electrons. The summed E-state index contributed by atoms with van der Waals surface area (Å²) < 4.78 is 18.9. The fraction of sp³-hybridized carbons (Fsp3) is 0.176. The zero-order chi connectivity index (χ0) is 18.1. The van der Waals surface area contributed by atoms with Crippen LogP contribution in [0.5, 0.6) is 5.75 Å². The Morgan fingerprint density at radius 2 is 1.80 bits per heavy atom. The van der Waals surface area contributed by atoms with Gasteiger partial charge >= 0.3 is 0 Å². The molecule has 2 aromatic rings. The summed E-state index contributed by atoms with van der Waals surface area (Å²) in [6.45, 7) is -0.207. The summed E-state index contributed by atoms with van der Waals surface area (Å²) in [6.07, 6.45) is 0.217. The Bertz CT molecular complexity index is 728. The topological polar surface area (TPSA) is 67.4 Å². The zero-order valence-electron chi connectivity index (χ0n) is 13.1. The van der Waals surface area contributed by atoms with Gasteiger partial charge in [-0.25, -0.2) is 4.39 Å². The van der Waals surface area contributed by atoms with Crippen molar-refractivity contribution in [1.29, 1.82) is 0 Å². The molecule has 0 aliphatic rings. The minimum absolute atomic E-state index is 0.207. The Morgan fingerprint density at radius 3 is 2.52 bits per heavy atom. The molecule has 0 bridgehead atoms. The molecular weight excluding hydrogens is 411 g/mol. The number of ether oxygens (including phenoxy) is 1. The SMILES string of the molecule is O=C(CCSc1ccc(F)cc1)NNC(=O)COc1cccc(Br)c1. The summed E-state index contributed by atoms with van der Waals surface area (Å²) in [5, 5.41) is 0. The molecule has 0 unspecified atom stereocenters. The number of benzene rings is 2. The maximum absolute atomic E-state index is 12.8. The molecular formula is C17H16BrFN2O3S. The molecule has 0 aromatic heterocycles. The van der Waals surface area contributed by atoms with Gasteiger partial charge in [-0.2, -0.15) is 0 Å². The number of nitrogens with one attached hydrogen (secondary N) is 2. The van der Waals surface area contributed by atoms with Crippen molar-refractivity contribution in [3.63, 3.8) is 0 Å². The number of carbonyl (C=O) groups excluding carboxylic acids is 2. The van der Waals surface area contributed by atoms with Crippen molar-refractivity contribution in [2.45, 2.75) is 11.3 Å². The van der Waals surface area contributed by atoms with E-state index >= 15 is 0 Å². The molecule has 0 spiro atoms. The van der Waals surface area contributed by atoms with Gasteiger partial charge in [0.25, 0.3) is 5.91 Å². The van der Waals surface area contributed by atoms with Crippen LogP contribution < -0.4 is 15.6 Å². The Morgan fingerprint density at radius 1 is 1.08 bits per heavy atom. The predicted molar refractivity (Wildman–Crippen MR) is 97.7 cm³/mol. The third kappa shape index (κ3) is 7.57. The average Bonchev–Trinajstić information content (AvgIpc) is 2.60. The molecule has 2 amide bonds. The van der Waals surface area contributed by atoms with Crippen LogP contribution in [0.15, 0.2) is 57.9 Å². The highest BCUT2D eigenvalue weighted by Crippen LogP contribution is 2.19. The predicted octanol–water partition coefficient (Wildman–Crippen LogP) is 3.30. The van der Waals surface area contributed by atoms with Crippen LogP contribution in [-0.4, -0.2) is 24.2 Å². The Hall–Kier alpha value is -2.06. The smallest absolute Gasteiger partial charge is 0.276 e. The van der Waals surface area contributed by atoms with E-state index in [9.17, 15) is 14.0 Å². The van der Waals surface area contributed by atoms with Gasteiger partial charge in [0.1, 0.15) is 11.6 Å². The number of hydrazine groups is 1. The first-order chi connectivity index (χ1) is 12.0. The van der Waals surface area contributed by atoms with E-state index in [1.807, 2.05) is 6.07 Å². The lowest BCUT2D eigenvalue weighted by atomic mass is 10.3. The largest absolute Gasteiger partial charge is 0.484 e.